The van der Waals surface area contributed by atoms with Crippen LogP contribution in [0.1, 0.15) is 5.56 Å². The third-order valence-electron chi connectivity index (χ3n) is 7.88. The molecule has 2 aromatic carbocycles. The summed E-state index contributed by atoms with van der Waals surface area (Å²) >= 11 is 6.69. The number of aromatic amines is 1. The lowest BCUT2D eigenvalue weighted by molar-refractivity contribution is 0.470. The molecule has 36 heavy (non-hydrogen) atoms. The van der Waals surface area contributed by atoms with Gasteiger partial charge in [0.15, 0.2) is 0 Å². The van der Waals surface area contributed by atoms with Crippen molar-refractivity contribution in [3.63, 3.8) is 0 Å². The van der Waals surface area contributed by atoms with E-state index < -0.39 is 17.0 Å². The van der Waals surface area contributed by atoms with E-state index in [-0.39, 0.29) is 23.9 Å². The zero-order valence-electron chi connectivity index (χ0n) is 19.2. The highest BCUT2D eigenvalue weighted by molar-refractivity contribution is 6.38. The maximum atomic E-state index is 14.6. The van der Waals surface area contributed by atoms with E-state index in [1.165, 1.54) is 18.2 Å². The first kappa shape index (κ1) is 21.6. The summed E-state index contributed by atoms with van der Waals surface area (Å²) < 4.78 is 30.9. The summed E-state index contributed by atoms with van der Waals surface area (Å²) in [4.78, 5) is 11.4. The first-order valence-electron chi connectivity index (χ1n) is 11.6. The van der Waals surface area contributed by atoms with Crippen LogP contribution in [0.15, 0.2) is 42.7 Å². The molecule has 1 aliphatic heterocycles. The summed E-state index contributed by atoms with van der Waals surface area (Å²) in [6.07, 6.45) is 3.58. The maximum absolute atomic E-state index is 14.6. The Morgan fingerprint density at radius 1 is 1.17 bits per heavy atom. The summed E-state index contributed by atoms with van der Waals surface area (Å²) in [5, 5.41) is 13.2. The smallest absolute Gasteiger partial charge is 0.202 e. The van der Waals surface area contributed by atoms with Crippen LogP contribution in [0.25, 0.3) is 33.3 Å². The molecule has 1 saturated carbocycles. The van der Waals surface area contributed by atoms with Gasteiger partial charge in [0.1, 0.15) is 23.0 Å². The predicted molar refractivity (Wildman–Crippen MR) is 133 cm³/mol. The predicted octanol–water partition coefficient (Wildman–Crippen LogP) is 3.80. The van der Waals surface area contributed by atoms with Crippen molar-refractivity contribution in [2.75, 3.05) is 24.5 Å². The van der Waals surface area contributed by atoms with Crippen molar-refractivity contribution in [3.05, 3.63) is 64.9 Å². The first-order valence-corrected chi connectivity index (χ1v) is 12.0. The molecule has 5 aromatic rings. The molecule has 0 spiro atoms. The molecule has 1 aliphatic carbocycles. The molecule has 7 rings (SSSR count). The zero-order chi connectivity index (χ0) is 24.8. The number of aryl methyl sites for hydroxylation is 1. The second kappa shape index (κ2) is 7.44. The topological polar surface area (TPSA) is 102 Å². The minimum atomic E-state index is -0.676. The number of fused-ring (bicyclic) bond motifs is 3. The lowest BCUT2D eigenvalue weighted by Crippen LogP contribution is -2.36. The van der Waals surface area contributed by atoms with Gasteiger partial charge in [-0.25, -0.2) is 18.7 Å². The van der Waals surface area contributed by atoms with Crippen LogP contribution in [0, 0.1) is 23.5 Å². The van der Waals surface area contributed by atoms with Gasteiger partial charge in [0.05, 0.1) is 22.4 Å². The standard InChI is InChI=1S/C25H21ClF2N8/c1-35-8-13-18(34-35)6-5-12(21(13)26)22-23-24(33-32-22)31-19(7-30-23)36-9-14-15(10-36)25(14,11-29)20-16(27)3-2-4-17(20)28/h2-8,14-15H,9-11,29H2,1H3,(H,31,32,33)/t14-,15?,25?/m1/s1. The fourth-order valence-corrected chi connectivity index (χ4v) is 6.44. The van der Waals surface area contributed by atoms with E-state index in [1.54, 1.807) is 10.9 Å². The number of nitrogens with two attached hydrogens (primary N) is 1. The third-order valence-corrected chi connectivity index (χ3v) is 8.29. The van der Waals surface area contributed by atoms with Crippen LogP contribution in [-0.4, -0.2) is 49.6 Å². The van der Waals surface area contributed by atoms with Crippen molar-refractivity contribution < 1.29 is 8.78 Å². The van der Waals surface area contributed by atoms with Crippen molar-refractivity contribution in [3.8, 4) is 11.3 Å². The molecule has 2 unspecified atom stereocenters. The zero-order valence-corrected chi connectivity index (χ0v) is 20.0. The highest BCUT2D eigenvalue weighted by Gasteiger charge is 2.69. The summed E-state index contributed by atoms with van der Waals surface area (Å²) in [5.41, 5.74) is 8.85. The van der Waals surface area contributed by atoms with Crippen LogP contribution in [0.5, 0.6) is 0 Å². The van der Waals surface area contributed by atoms with E-state index in [9.17, 15) is 8.78 Å². The average molecular weight is 507 g/mol. The van der Waals surface area contributed by atoms with Crippen molar-refractivity contribution in [2.45, 2.75) is 5.41 Å². The monoisotopic (exact) mass is 506 g/mol. The molecular formula is C25H21ClF2N8. The fraction of sp³-hybridized carbons (Fsp3) is 0.280. The highest BCUT2D eigenvalue weighted by atomic mass is 35.5. The Morgan fingerprint density at radius 2 is 1.92 bits per heavy atom. The van der Waals surface area contributed by atoms with Gasteiger partial charge in [0.25, 0.3) is 0 Å². The Labute approximate surface area is 209 Å². The Balaban J connectivity index is 1.19. The van der Waals surface area contributed by atoms with Crippen LogP contribution in [0.3, 0.4) is 0 Å². The molecule has 2 aliphatic rings. The van der Waals surface area contributed by atoms with Crippen molar-refractivity contribution in [1.29, 1.82) is 0 Å². The molecule has 2 fully saturated rings. The Morgan fingerprint density at radius 3 is 2.64 bits per heavy atom. The minimum Gasteiger partial charge on any atom is -0.355 e. The number of nitrogens with one attached hydrogen (secondary N) is 1. The van der Waals surface area contributed by atoms with Crippen molar-refractivity contribution >= 4 is 39.5 Å². The number of benzene rings is 2. The second-order valence-electron chi connectivity index (χ2n) is 9.62. The van der Waals surface area contributed by atoms with Crippen molar-refractivity contribution in [2.24, 2.45) is 24.6 Å². The quantitative estimate of drug-likeness (QED) is 0.384. The molecule has 8 nitrogen and oxygen atoms in total. The molecule has 3 N–H and O–H groups in total. The van der Waals surface area contributed by atoms with Gasteiger partial charge in [-0.05, 0) is 36.1 Å². The first-order chi connectivity index (χ1) is 17.4. The summed E-state index contributed by atoms with van der Waals surface area (Å²) in [5.74, 6) is -0.302. The second-order valence-corrected chi connectivity index (χ2v) is 10.00. The van der Waals surface area contributed by atoms with E-state index in [0.717, 1.165) is 16.5 Å². The molecule has 3 atom stereocenters. The number of hydrogen-bond donors (Lipinski definition) is 2. The van der Waals surface area contributed by atoms with Crippen LogP contribution >= 0.6 is 11.6 Å². The van der Waals surface area contributed by atoms with Gasteiger partial charge in [-0.15, -0.1) is 0 Å². The van der Waals surface area contributed by atoms with Gasteiger partial charge in [-0.3, -0.25) is 9.78 Å². The fourth-order valence-electron chi connectivity index (χ4n) is 6.14. The number of halogens is 3. The van der Waals surface area contributed by atoms with Gasteiger partial charge in [-0.2, -0.15) is 10.2 Å². The molecule has 0 bridgehead atoms. The molecule has 1 saturated heterocycles. The largest absolute Gasteiger partial charge is 0.355 e. The summed E-state index contributed by atoms with van der Waals surface area (Å²) in [6, 6.07) is 7.78. The van der Waals surface area contributed by atoms with E-state index in [0.29, 0.717) is 40.8 Å². The Bertz CT molecular complexity index is 1650. The normalized spacial score (nSPS) is 23.1. The van der Waals surface area contributed by atoms with Gasteiger partial charge in [-0.1, -0.05) is 17.7 Å². The van der Waals surface area contributed by atoms with Gasteiger partial charge in [0.2, 0.25) is 5.65 Å². The summed E-state index contributed by atoms with van der Waals surface area (Å²) in [7, 11) is 1.85. The SMILES string of the molecule is Cn1cc2c(Cl)c(-c3[nH]nc4nc(N5CC6[C@@H](C5)C6(CN)c5c(F)cccc5F)cnc34)ccc2n1. The van der Waals surface area contributed by atoms with E-state index >= 15 is 0 Å². The number of aromatic nitrogens is 6. The van der Waals surface area contributed by atoms with E-state index in [1.807, 2.05) is 25.4 Å². The van der Waals surface area contributed by atoms with Crippen molar-refractivity contribution in [1.82, 2.24) is 29.9 Å². The number of hydrogen-bond acceptors (Lipinski definition) is 6. The number of piperidine rings is 1. The lowest BCUT2D eigenvalue weighted by Gasteiger charge is -2.27. The lowest BCUT2D eigenvalue weighted by atomic mass is 9.89. The average Bonchev–Trinajstić information content (AvgIpc) is 3.32. The molecule has 3 aromatic heterocycles. The number of H-pyrrole nitrogens is 1. The Hall–Kier alpha value is -3.63. The number of nitrogens with zero attached hydrogens (tertiary/aromatic N) is 6. The maximum Gasteiger partial charge on any atom is 0.202 e. The molecular weight excluding hydrogens is 486 g/mol. The third kappa shape index (κ3) is 2.82. The molecule has 11 heteroatoms. The highest BCUT2D eigenvalue weighted by Crippen LogP contribution is 2.64. The molecule has 0 radical (unpaired) electrons. The van der Waals surface area contributed by atoms with Gasteiger partial charge in [0, 0.05) is 54.8 Å². The number of rotatable bonds is 4. The van der Waals surface area contributed by atoms with Gasteiger partial charge >= 0.3 is 0 Å². The molecule has 0 amide bonds. The van der Waals surface area contributed by atoms with E-state index in [4.69, 9.17) is 22.3 Å². The van der Waals surface area contributed by atoms with E-state index in [2.05, 4.69) is 25.2 Å². The van der Waals surface area contributed by atoms with Crippen LogP contribution in [0.2, 0.25) is 5.02 Å². The van der Waals surface area contributed by atoms with Gasteiger partial charge < -0.3 is 10.6 Å². The molecule has 4 heterocycles. The molecule has 182 valence electrons. The minimum absolute atomic E-state index is 0.0474. The van der Waals surface area contributed by atoms with Crippen LogP contribution in [0.4, 0.5) is 14.6 Å². The number of anilines is 1. The van der Waals surface area contributed by atoms with Crippen LogP contribution in [-0.2, 0) is 12.5 Å². The summed E-state index contributed by atoms with van der Waals surface area (Å²) in [6.45, 7) is 1.39. The Kier molecular flexibility index (Phi) is 4.47. The van der Waals surface area contributed by atoms with Crippen LogP contribution < -0.4 is 10.6 Å².